The van der Waals surface area contributed by atoms with E-state index in [0.29, 0.717) is 11.8 Å². The molecule has 0 saturated heterocycles. The lowest BCUT2D eigenvalue weighted by molar-refractivity contribution is -0.0452. The predicted octanol–water partition coefficient (Wildman–Crippen LogP) is 14.7. The Balaban J connectivity index is 1.04. The van der Waals surface area contributed by atoms with Crippen molar-refractivity contribution in [3.05, 3.63) is 162 Å². The molecule has 2 heteroatoms. The van der Waals surface area contributed by atoms with Crippen LogP contribution in [0.5, 0.6) is 11.5 Å². The molecule has 0 N–H and O–H groups in total. The molecule has 0 aromatic heterocycles. The largest absolute Gasteiger partial charge is 0.457 e. The molecular formula is C54H53NO. The smallest absolute Gasteiger partial charge is 0.131 e. The molecule has 4 saturated carbocycles. The number of hydrogen-bond acceptors (Lipinski definition) is 2. The highest BCUT2D eigenvalue weighted by Crippen LogP contribution is 2.69. The number of ether oxygens (including phenoxy) is 1. The van der Waals surface area contributed by atoms with Crippen molar-refractivity contribution in [2.75, 3.05) is 4.90 Å². The van der Waals surface area contributed by atoms with E-state index in [1.165, 1.54) is 95.1 Å². The predicted molar refractivity (Wildman–Crippen MR) is 232 cm³/mol. The van der Waals surface area contributed by atoms with Gasteiger partial charge in [0.15, 0.2) is 0 Å². The maximum Gasteiger partial charge on any atom is 0.131 e. The average molecular weight is 732 g/mol. The second-order valence-electron chi connectivity index (χ2n) is 19.3. The van der Waals surface area contributed by atoms with E-state index >= 15 is 0 Å². The molecule has 56 heavy (non-hydrogen) atoms. The van der Waals surface area contributed by atoms with Crippen molar-refractivity contribution in [1.82, 2.24) is 0 Å². The van der Waals surface area contributed by atoms with Gasteiger partial charge in [0.2, 0.25) is 0 Å². The number of para-hydroxylation sites is 1. The van der Waals surface area contributed by atoms with Crippen molar-refractivity contribution in [2.24, 2.45) is 23.7 Å². The summed E-state index contributed by atoms with van der Waals surface area (Å²) in [6, 6.07) is 52.6. The van der Waals surface area contributed by atoms with Crippen molar-refractivity contribution >= 4 is 17.1 Å². The lowest BCUT2D eigenvalue weighted by Crippen LogP contribution is -2.57. The minimum atomic E-state index is -0.00487. The van der Waals surface area contributed by atoms with Crippen molar-refractivity contribution < 1.29 is 4.74 Å². The summed E-state index contributed by atoms with van der Waals surface area (Å²) in [5.41, 5.74) is 14.8. The van der Waals surface area contributed by atoms with Gasteiger partial charge >= 0.3 is 0 Å². The summed E-state index contributed by atoms with van der Waals surface area (Å²) in [5.74, 6) is 5.20. The summed E-state index contributed by atoms with van der Waals surface area (Å²) in [6.07, 6.45) is 9.26. The fourth-order valence-electron chi connectivity index (χ4n) is 12.5. The van der Waals surface area contributed by atoms with Crippen LogP contribution in [0.3, 0.4) is 0 Å². The van der Waals surface area contributed by atoms with E-state index in [0.717, 1.165) is 34.7 Å². The Morgan fingerprint density at radius 2 is 0.946 bits per heavy atom. The molecule has 0 amide bonds. The van der Waals surface area contributed by atoms with Crippen LogP contribution in [0, 0.1) is 23.7 Å². The molecule has 6 aromatic rings. The molecule has 4 bridgehead atoms. The first-order valence-corrected chi connectivity index (χ1v) is 21.3. The number of benzene rings is 6. The maximum absolute atomic E-state index is 6.83. The number of hydrogen-bond donors (Lipinski definition) is 0. The number of anilines is 3. The van der Waals surface area contributed by atoms with Crippen LogP contribution in [0.2, 0.25) is 0 Å². The minimum Gasteiger partial charge on any atom is -0.457 e. The van der Waals surface area contributed by atoms with Gasteiger partial charge in [-0.15, -0.1) is 0 Å². The zero-order valence-corrected chi connectivity index (χ0v) is 33.4. The van der Waals surface area contributed by atoms with Crippen LogP contribution in [0.4, 0.5) is 17.1 Å². The highest BCUT2D eigenvalue weighted by Gasteiger charge is 2.61. The molecule has 1 heterocycles. The maximum atomic E-state index is 6.83. The summed E-state index contributed by atoms with van der Waals surface area (Å²) in [6.45, 7) is 9.66. The van der Waals surface area contributed by atoms with Gasteiger partial charge in [-0.3, -0.25) is 0 Å². The summed E-state index contributed by atoms with van der Waals surface area (Å²) in [5, 5.41) is 0. The van der Waals surface area contributed by atoms with Crippen LogP contribution in [0.25, 0.3) is 22.3 Å². The van der Waals surface area contributed by atoms with Crippen LogP contribution in [-0.2, 0) is 16.2 Å². The SMILES string of the molecule is CC1(C)CCC(C)(C)c2cc(-c3ccc(N(c4ccc(-c5ccccc5)cc4)c4ccc5c(c4)C4(c6ccccc6O5)C5CC6CC(C5)CC4C6)cc3)ccc21. The van der Waals surface area contributed by atoms with Crippen LogP contribution in [0.1, 0.15) is 94.9 Å². The highest BCUT2D eigenvalue weighted by molar-refractivity contribution is 5.81. The van der Waals surface area contributed by atoms with E-state index in [2.05, 4.69) is 172 Å². The summed E-state index contributed by atoms with van der Waals surface area (Å²) in [4.78, 5) is 2.47. The van der Waals surface area contributed by atoms with Gasteiger partial charge in [-0.25, -0.2) is 0 Å². The minimum absolute atomic E-state index is 0.00487. The molecule has 0 unspecified atom stereocenters. The van der Waals surface area contributed by atoms with Crippen LogP contribution in [-0.4, -0.2) is 0 Å². The second kappa shape index (κ2) is 12.5. The first-order chi connectivity index (χ1) is 27.2. The molecule has 1 spiro atoms. The van der Waals surface area contributed by atoms with Gasteiger partial charge in [0, 0.05) is 33.6 Å². The van der Waals surface area contributed by atoms with E-state index < -0.39 is 0 Å². The molecule has 0 atom stereocenters. The number of nitrogens with zero attached hydrogens (tertiary/aromatic N) is 1. The second-order valence-corrected chi connectivity index (χ2v) is 19.3. The Bertz CT molecular complexity index is 2430. The van der Waals surface area contributed by atoms with Gasteiger partial charge in [-0.05, 0) is 161 Å². The third kappa shape index (κ3) is 5.20. The molecule has 6 aromatic carbocycles. The number of fused-ring (bicyclic) bond motifs is 3. The first-order valence-electron chi connectivity index (χ1n) is 21.3. The van der Waals surface area contributed by atoms with Crippen molar-refractivity contribution in [2.45, 2.75) is 88.9 Å². The Kier molecular flexibility index (Phi) is 7.61. The summed E-state index contributed by atoms with van der Waals surface area (Å²) < 4.78 is 6.83. The molecule has 2 nitrogen and oxygen atoms in total. The standard InChI is InChI=1S/C54H53NO/c1-52(2)26-27-53(3,4)48-33-40(18-24-46(48)52)39-16-21-44(22-17-39)55(43-19-14-38(15-20-43)37-10-6-5-7-11-37)45-23-25-51-49(34-45)54(47-12-8-9-13-50(47)56-51)41-29-35-28-36(31-41)32-42(54)30-35/h5-25,33-36,41-42H,26-32H2,1-4H3. The lowest BCUT2D eigenvalue weighted by Gasteiger charge is -2.63. The molecule has 6 aliphatic rings. The lowest BCUT2D eigenvalue weighted by atomic mass is 9.42. The Labute approximate surface area is 333 Å². The highest BCUT2D eigenvalue weighted by atomic mass is 16.5. The average Bonchev–Trinajstić information content (AvgIpc) is 3.22. The van der Waals surface area contributed by atoms with Crippen molar-refractivity contribution in [3.8, 4) is 33.8 Å². The fraction of sp³-hybridized carbons (Fsp3) is 0.333. The molecule has 0 radical (unpaired) electrons. The summed E-state index contributed by atoms with van der Waals surface area (Å²) in [7, 11) is 0. The Morgan fingerprint density at radius 3 is 1.61 bits per heavy atom. The molecule has 4 fully saturated rings. The van der Waals surface area contributed by atoms with Crippen molar-refractivity contribution in [3.63, 3.8) is 0 Å². The van der Waals surface area contributed by atoms with E-state index in [1.54, 1.807) is 0 Å². The topological polar surface area (TPSA) is 12.5 Å². The first kappa shape index (κ1) is 34.2. The van der Waals surface area contributed by atoms with E-state index in [9.17, 15) is 0 Å². The normalized spacial score (nSPS) is 25.9. The number of rotatable bonds is 5. The van der Waals surface area contributed by atoms with E-state index in [-0.39, 0.29) is 16.2 Å². The monoisotopic (exact) mass is 731 g/mol. The van der Waals surface area contributed by atoms with Gasteiger partial charge in [0.1, 0.15) is 11.5 Å². The van der Waals surface area contributed by atoms with Crippen LogP contribution < -0.4 is 9.64 Å². The van der Waals surface area contributed by atoms with Gasteiger partial charge in [-0.2, -0.15) is 0 Å². The summed E-state index contributed by atoms with van der Waals surface area (Å²) >= 11 is 0. The third-order valence-corrected chi connectivity index (χ3v) is 15.2. The zero-order valence-electron chi connectivity index (χ0n) is 33.4. The molecule has 1 aliphatic heterocycles. The van der Waals surface area contributed by atoms with E-state index in [4.69, 9.17) is 4.74 Å². The molecular weight excluding hydrogens is 679 g/mol. The van der Waals surface area contributed by atoms with Crippen molar-refractivity contribution in [1.29, 1.82) is 0 Å². The Hall–Kier alpha value is -5.08. The van der Waals surface area contributed by atoms with Gasteiger partial charge in [0.25, 0.3) is 0 Å². The van der Waals surface area contributed by atoms with E-state index in [1.807, 2.05) is 0 Å². The van der Waals surface area contributed by atoms with Gasteiger partial charge in [0.05, 0.1) is 0 Å². The third-order valence-electron chi connectivity index (χ3n) is 15.2. The Morgan fingerprint density at radius 1 is 0.429 bits per heavy atom. The molecule has 280 valence electrons. The zero-order chi connectivity index (χ0) is 37.8. The van der Waals surface area contributed by atoms with Crippen LogP contribution in [0.15, 0.2) is 140 Å². The van der Waals surface area contributed by atoms with Gasteiger partial charge < -0.3 is 9.64 Å². The fourth-order valence-corrected chi connectivity index (χ4v) is 12.5. The van der Waals surface area contributed by atoms with Crippen LogP contribution >= 0.6 is 0 Å². The molecule has 5 aliphatic carbocycles. The quantitative estimate of drug-likeness (QED) is 0.175. The van der Waals surface area contributed by atoms with Gasteiger partial charge in [-0.1, -0.05) is 119 Å². The molecule has 12 rings (SSSR count).